The summed E-state index contributed by atoms with van der Waals surface area (Å²) in [5.74, 6) is -1.15. The van der Waals surface area contributed by atoms with Crippen LogP contribution in [0.25, 0.3) is 0 Å². The van der Waals surface area contributed by atoms with E-state index in [0.29, 0.717) is 10.9 Å². The number of amidine groups is 1. The Morgan fingerprint density at radius 1 is 1.19 bits per heavy atom. The van der Waals surface area contributed by atoms with Gasteiger partial charge in [0.2, 0.25) is 11.8 Å². The van der Waals surface area contributed by atoms with Gasteiger partial charge >= 0.3 is 0 Å². The van der Waals surface area contributed by atoms with Gasteiger partial charge in [-0.15, -0.1) is 0 Å². The second kappa shape index (κ2) is 8.79. The van der Waals surface area contributed by atoms with E-state index < -0.39 is 11.1 Å². The molecule has 0 aromatic heterocycles. The predicted octanol–water partition coefficient (Wildman–Crippen LogP) is 2.65. The average molecular weight is 387 g/mol. The fourth-order valence-corrected chi connectivity index (χ4v) is 3.64. The second-order valence-corrected chi connectivity index (χ2v) is 6.95. The zero-order valence-corrected chi connectivity index (χ0v) is 15.2. The number of anilines is 2. The Hall–Kier alpha value is -2.71. The van der Waals surface area contributed by atoms with Crippen LogP contribution in [0.5, 0.6) is 0 Å². The van der Waals surface area contributed by atoms with Crippen molar-refractivity contribution in [3.63, 3.8) is 0 Å². The Morgan fingerprint density at radius 3 is 2.56 bits per heavy atom. The number of nitrogens with one attached hydrogen (secondary N) is 1. The van der Waals surface area contributed by atoms with Crippen molar-refractivity contribution in [1.82, 2.24) is 0 Å². The zero-order valence-electron chi connectivity index (χ0n) is 14.3. The Morgan fingerprint density at radius 2 is 1.89 bits per heavy atom. The first-order valence-electron chi connectivity index (χ1n) is 8.35. The summed E-state index contributed by atoms with van der Waals surface area (Å²) in [6.07, 6.45) is 0.0233. The molecule has 2 aromatic rings. The molecule has 0 saturated carbocycles. The van der Waals surface area contributed by atoms with Gasteiger partial charge in [0.15, 0.2) is 5.17 Å². The van der Waals surface area contributed by atoms with E-state index >= 15 is 0 Å². The number of halogens is 1. The zero-order chi connectivity index (χ0) is 19.2. The molecule has 0 bridgehead atoms. The normalized spacial score (nSPS) is 17.5. The molecule has 8 heteroatoms. The van der Waals surface area contributed by atoms with E-state index in [2.05, 4.69) is 10.3 Å². The van der Waals surface area contributed by atoms with Gasteiger partial charge in [-0.25, -0.2) is 9.29 Å². The maximum absolute atomic E-state index is 13.1. The van der Waals surface area contributed by atoms with Crippen LogP contribution in [0.15, 0.2) is 59.6 Å². The lowest BCUT2D eigenvalue weighted by molar-refractivity contribution is -0.121. The van der Waals surface area contributed by atoms with Gasteiger partial charge in [-0.2, -0.15) is 0 Å². The number of rotatable bonds is 5. The van der Waals surface area contributed by atoms with Gasteiger partial charge in [0.1, 0.15) is 11.1 Å². The molecule has 2 amide bonds. The lowest BCUT2D eigenvalue weighted by atomic mass is 10.3. The van der Waals surface area contributed by atoms with Crippen molar-refractivity contribution in [2.24, 2.45) is 4.99 Å². The Balaban J connectivity index is 1.75. The van der Waals surface area contributed by atoms with Crippen LogP contribution in [-0.4, -0.2) is 40.5 Å². The van der Waals surface area contributed by atoms with Crippen molar-refractivity contribution in [2.45, 2.75) is 11.7 Å². The van der Waals surface area contributed by atoms with Crippen molar-refractivity contribution >= 4 is 40.1 Å². The molecule has 1 aliphatic rings. The molecule has 140 valence electrons. The molecule has 2 aromatic carbocycles. The smallest absolute Gasteiger partial charge is 0.247 e. The number of nitrogens with zero attached hydrogens (tertiary/aromatic N) is 2. The topological polar surface area (TPSA) is 82.0 Å². The predicted molar refractivity (Wildman–Crippen MR) is 104 cm³/mol. The highest BCUT2D eigenvalue weighted by Crippen LogP contribution is 2.30. The number of para-hydroxylation sites is 1. The number of imide groups is 1. The number of aliphatic hydroxyl groups is 1. The Bertz CT molecular complexity index is 843. The molecule has 6 nitrogen and oxygen atoms in total. The molecule has 1 fully saturated rings. The third kappa shape index (κ3) is 4.72. The van der Waals surface area contributed by atoms with Crippen LogP contribution in [0.3, 0.4) is 0 Å². The fourth-order valence-electron chi connectivity index (χ4n) is 2.60. The van der Waals surface area contributed by atoms with E-state index in [9.17, 15) is 14.0 Å². The largest absolute Gasteiger partial charge is 0.394 e. The maximum Gasteiger partial charge on any atom is 0.247 e. The number of hydrogen-bond acceptors (Lipinski definition) is 5. The van der Waals surface area contributed by atoms with Crippen molar-refractivity contribution in [1.29, 1.82) is 0 Å². The lowest BCUT2D eigenvalue weighted by Gasteiger charge is -2.16. The summed E-state index contributed by atoms with van der Waals surface area (Å²) >= 11 is 1.14. The molecule has 1 aliphatic heterocycles. The van der Waals surface area contributed by atoms with Crippen LogP contribution in [0.4, 0.5) is 15.8 Å². The standard InChI is InChI=1S/C19H18FN3O3S/c20-13-6-8-15(9-7-13)23-17(25)12-16(18(23)26)27-19(21-10-11-24)22-14-4-2-1-3-5-14/h1-9,16,24H,10-12H2,(H,21,22)/t16-/m0/s1. The summed E-state index contributed by atoms with van der Waals surface area (Å²) < 4.78 is 13.1. The Kier molecular flexibility index (Phi) is 6.20. The molecule has 1 heterocycles. The van der Waals surface area contributed by atoms with Gasteiger partial charge < -0.3 is 10.4 Å². The van der Waals surface area contributed by atoms with Gasteiger partial charge in [-0.05, 0) is 36.4 Å². The van der Waals surface area contributed by atoms with Crippen molar-refractivity contribution in [2.75, 3.05) is 23.4 Å². The fraction of sp³-hybridized carbons (Fsp3) is 0.211. The second-order valence-electron chi connectivity index (χ2n) is 5.76. The minimum atomic E-state index is -0.642. The van der Waals surface area contributed by atoms with Gasteiger partial charge in [0.05, 0.1) is 18.8 Å². The molecule has 0 aliphatic carbocycles. The van der Waals surface area contributed by atoms with Crippen LogP contribution in [0.1, 0.15) is 6.42 Å². The van der Waals surface area contributed by atoms with E-state index in [1.54, 1.807) is 0 Å². The number of carbonyl (C=O) groups is 2. The number of amides is 2. The van der Waals surface area contributed by atoms with E-state index in [4.69, 9.17) is 5.11 Å². The monoisotopic (exact) mass is 387 g/mol. The van der Waals surface area contributed by atoms with Crippen molar-refractivity contribution in [3.05, 3.63) is 60.4 Å². The molecular weight excluding hydrogens is 369 g/mol. The highest BCUT2D eigenvalue weighted by molar-refractivity contribution is 8.15. The number of carbonyl (C=O) groups excluding carboxylic acids is 2. The van der Waals surface area contributed by atoms with Gasteiger partial charge in [0.25, 0.3) is 0 Å². The minimum absolute atomic E-state index is 0.0233. The van der Waals surface area contributed by atoms with E-state index in [1.165, 1.54) is 24.3 Å². The summed E-state index contributed by atoms with van der Waals surface area (Å²) in [6.45, 7) is 0.0540. The van der Waals surface area contributed by atoms with Gasteiger partial charge in [-0.3, -0.25) is 14.6 Å². The molecule has 0 radical (unpaired) electrons. The first-order valence-corrected chi connectivity index (χ1v) is 9.23. The highest BCUT2D eigenvalue weighted by Gasteiger charge is 2.40. The maximum atomic E-state index is 13.1. The molecule has 0 spiro atoms. The molecule has 3 rings (SSSR count). The third-order valence-electron chi connectivity index (χ3n) is 3.82. The summed E-state index contributed by atoms with van der Waals surface area (Å²) in [6, 6.07) is 14.5. The summed E-state index contributed by atoms with van der Waals surface area (Å²) in [4.78, 5) is 30.4. The number of thioether (sulfide) groups is 1. The molecule has 2 N–H and O–H groups in total. The average Bonchev–Trinajstić information content (AvgIpc) is 2.95. The Labute approximate surface area is 160 Å². The van der Waals surface area contributed by atoms with Gasteiger partial charge in [0, 0.05) is 12.1 Å². The number of aliphatic hydroxyl groups excluding tert-OH is 1. The quantitative estimate of drug-likeness (QED) is 0.468. The molecule has 1 saturated heterocycles. The highest BCUT2D eigenvalue weighted by atomic mass is 32.2. The first kappa shape index (κ1) is 19.1. The lowest BCUT2D eigenvalue weighted by Crippen LogP contribution is -2.31. The number of aliphatic imine (C=N–C) groups is 1. The first-order chi connectivity index (χ1) is 13.1. The summed E-state index contributed by atoms with van der Waals surface area (Å²) in [5.41, 5.74) is 1.13. The van der Waals surface area contributed by atoms with E-state index in [-0.39, 0.29) is 31.4 Å². The van der Waals surface area contributed by atoms with E-state index in [0.717, 1.165) is 22.3 Å². The SMILES string of the molecule is O=C1C[C@H](SC(=NCCO)Nc2ccccc2)C(=O)N1c1ccc(F)cc1. The van der Waals surface area contributed by atoms with Gasteiger partial charge in [-0.1, -0.05) is 30.0 Å². The molecular formula is C19H18FN3O3S. The molecule has 27 heavy (non-hydrogen) atoms. The summed E-state index contributed by atoms with van der Waals surface area (Å²) in [5, 5.41) is 12.0. The van der Waals surface area contributed by atoms with Crippen LogP contribution in [0, 0.1) is 5.82 Å². The van der Waals surface area contributed by atoms with Crippen molar-refractivity contribution < 1.29 is 19.1 Å². The minimum Gasteiger partial charge on any atom is -0.394 e. The summed E-state index contributed by atoms with van der Waals surface area (Å²) in [7, 11) is 0. The number of hydrogen-bond donors (Lipinski definition) is 2. The van der Waals surface area contributed by atoms with Crippen LogP contribution in [-0.2, 0) is 9.59 Å². The number of benzene rings is 2. The molecule has 1 atom stereocenters. The van der Waals surface area contributed by atoms with Crippen molar-refractivity contribution in [3.8, 4) is 0 Å². The van der Waals surface area contributed by atoms with Crippen LogP contribution < -0.4 is 10.2 Å². The van der Waals surface area contributed by atoms with Crippen LogP contribution in [0.2, 0.25) is 0 Å². The van der Waals surface area contributed by atoms with E-state index in [1.807, 2.05) is 30.3 Å². The van der Waals surface area contributed by atoms with Crippen LogP contribution >= 0.6 is 11.8 Å². The third-order valence-corrected chi connectivity index (χ3v) is 4.93. The molecule has 0 unspecified atom stereocenters.